The smallest absolute Gasteiger partial charge is 0.0786 e. The minimum absolute atomic E-state index is 1.08. The van der Waals surface area contributed by atoms with E-state index in [9.17, 15) is 0 Å². The number of unbranched alkanes of at least 4 members (excludes halogenated alkanes) is 2. The third-order valence-corrected chi connectivity index (χ3v) is 4.49. The van der Waals surface area contributed by atoms with Crippen LogP contribution in [0.1, 0.15) is 59.8 Å². The first-order chi connectivity index (χ1) is 7.64. The number of rotatable bonds is 10. The Hall–Kier alpha value is 0.0500. The van der Waals surface area contributed by atoms with Gasteiger partial charge >= 0.3 is 0 Å². The van der Waals surface area contributed by atoms with Gasteiger partial charge in [0, 0.05) is 0 Å². The SMILES string of the molecule is CCC(=S)CCCCC[N+](CC)(CC)CC. The second-order valence-corrected chi connectivity index (χ2v) is 5.29. The van der Waals surface area contributed by atoms with Gasteiger partial charge in [0.25, 0.3) is 0 Å². The summed E-state index contributed by atoms with van der Waals surface area (Å²) in [6.07, 6.45) is 6.25. The Morgan fingerprint density at radius 3 is 1.88 bits per heavy atom. The average Bonchev–Trinajstić information content (AvgIpc) is 2.34. The van der Waals surface area contributed by atoms with Crippen LogP contribution in [0.4, 0.5) is 0 Å². The van der Waals surface area contributed by atoms with Crippen LogP contribution in [-0.2, 0) is 0 Å². The average molecular weight is 244 g/mol. The molecular weight excluding hydrogens is 214 g/mol. The molecule has 0 aliphatic carbocycles. The molecule has 0 aromatic rings. The van der Waals surface area contributed by atoms with Crippen LogP contribution in [0.25, 0.3) is 0 Å². The summed E-state index contributed by atoms with van der Waals surface area (Å²) in [4.78, 5) is 1.25. The fraction of sp³-hybridized carbons (Fsp3) is 0.929. The molecule has 0 spiro atoms. The van der Waals surface area contributed by atoms with Crippen molar-refractivity contribution in [3.8, 4) is 0 Å². The van der Waals surface area contributed by atoms with Crippen molar-refractivity contribution in [1.29, 1.82) is 0 Å². The Bertz CT molecular complexity index is 177. The van der Waals surface area contributed by atoms with E-state index < -0.39 is 0 Å². The summed E-state index contributed by atoms with van der Waals surface area (Å²) in [7, 11) is 0. The first-order valence-electron chi connectivity index (χ1n) is 7.00. The van der Waals surface area contributed by atoms with Gasteiger partial charge in [-0.15, -0.1) is 0 Å². The Kier molecular flexibility index (Phi) is 9.15. The molecule has 0 N–H and O–H groups in total. The molecule has 0 aliphatic rings. The predicted molar refractivity (Wildman–Crippen MR) is 78.1 cm³/mol. The molecule has 0 bridgehead atoms. The lowest BCUT2D eigenvalue weighted by molar-refractivity contribution is -0.923. The zero-order valence-corrected chi connectivity index (χ0v) is 12.5. The van der Waals surface area contributed by atoms with Gasteiger partial charge in [-0.1, -0.05) is 19.1 Å². The Morgan fingerprint density at radius 2 is 1.44 bits per heavy atom. The van der Waals surface area contributed by atoms with Gasteiger partial charge in [0.2, 0.25) is 0 Å². The van der Waals surface area contributed by atoms with E-state index in [2.05, 4.69) is 27.7 Å². The van der Waals surface area contributed by atoms with Crippen molar-refractivity contribution < 1.29 is 4.48 Å². The summed E-state index contributed by atoms with van der Waals surface area (Å²) in [6.45, 7) is 14.3. The highest BCUT2D eigenvalue weighted by Crippen LogP contribution is 2.11. The highest BCUT2D eigenvalue weighted by molar-refractivity contribution is 7.80. The summed E-state index contributed by atoms with van der Waals surface area (Å²) in [5, 5.41) is 0. The lowest BCUT2D eigenvalue weighted by Crippen LogP contribution is -2.48. The summed E-state index contributed by atoms with van der Waals surface area (Å²) in [6, 6.07) is 0. The minimum atomic E-state index is 1.08. The van der Waals surface area contributed by atoms with Gasteiger partial charge in [-0.25, -0.2) is 0 Å². The van der Waals surface area contributed by atoms with Gasteiger partial charge in [-0.05, 0) is 57.7 Å². The molecule has 0 radical (unpaired) electrons. The topological polar surface area (TPSA) is 0 Å². The van der Waals surface area contributed by atoms with E-state index in [0.717, 1.165) is 12.8 Å². The third kappa shape index (κ3) is 5.95. The van der Waals surface area contributed by atoms with Crippen molar-refractivity contribution in [1.82, 2.24) is 0 Å². The van der Waals surface area contributed by atoms with Gasteiger partial charge < -0.3 is 4.48 Å². The van der Waals surface area contributed by atoms with E-state index in [1.807, 2.05) is 0 Å². The number of hydrogen-bond acceptors (Lipinski definition) is 1. The van der Waals surface area contributed by atoms with E-state index in [1.54, 1.807) is 0 Å². The number of hydrogen-bond donors (Lipinski definition) is 0. The van der Waals surface area contributed by atoms with Gasteiger partial charge in [0.1, 0.15) is 0 Å². The minimum Gasteiger partial charge on any atom is -0.324 e. The van der Waals surface area contributed by atoms with Crippen molar-refractivity contribution in [3.05, 3.63) is 0 Å². The quantitative estimate of drug-likeness (QED) is 0.315. The molecular formula is C14H30NS+. The maximum absolute atomic E-state index is 5.24. The number of nitrogens with zero attached hydrogens (tertiary/aromatic N) is 1. The molecule has 0 saturated heterocycles. The van der Waals surface area contributed by atoms with Crippen molar-refractivity contribution in [2.24, 2.45) is 0 Å². The first kappa shape index (κ1) is 16.1. The Morgan fingerprint density at radius 1 is 0.875 bits per heavy atom. The van der Waals surface area contributed by atoms with Crippen LogP contribution < -0.4 is 0 Å². The summed E-state index contributed by atoms with van der Waals surface area (Å²) >= 11 is 5.24. The molecule has 2 heteroatoms. The highest BCUT2D eigenvalue weighted by atomic mass is 32.1. The zero-order chi connectivity index (χ0) is 12.4. The molecule has 0 saturated carbocycles. The van der Waals surface area contributed by atoms with E-state index in [-0.39, 0.29) is 0 Å². The molecule has 0 atom stereocenters. The summed E-state index contributed by atoms with van der Waals surface area (Å²) in [5.74, 6) is 0. The van der Waals surface area contributed by atoms with E-state index in [1.165, 1.54) is 54.8 Å². The van der Waals surface area contributed by atoms with Crippen molar-refractivity contribution in [3.63, 3.8) is 0 Å². The van der Waals surface area contributed by atoms with Gasteiger partial charge in [-0.2, -0.15) is 0 Å². The molecule has 0 fully saturated rings. The summed E-state index contributed by atoms with van der Waals surface area (Å²) < 4.78 is 1.29. The van der Waals surface area contributed by atoms with E-state index >= 15 is 0 Å². The van der Waals surface area contributed by atoms with Gasteiger partial charge in [-0.3, -0.25) is 0 Å². The standard InChI is InChI=1S/C14H30NS/c1-5-14(16)12-10-9-11-13-15(6-2,7-3)8-4/h5-13H2,1-4H3/q+1. The molecule has 0 amide bonds. The van der Waals surface area contributed by atoms with Crippen LogP contribution in [0.5, 0.6) is 0 Å². The van der Waals surface area contributed by atoms with Crippen LogP contribution in [0.3, 0.4) is 0 Å². The fourth-order valence-electron chi connectivity index (χ4n) is 2.27. The van der Waals surface area contributed by atoms with Gasteiger partial charge in [0.05, 0.1) is 26.2 Å². The summed E-state index contributed by atoms with van der Waals surface area (Å²) in [5.41, 5.74) is 0. The van der Waals surface area contributed by atoms with Gasteiger partial charge in [0.15, 0.2) is 0 Å². The molecule has 0 rings (SSSR count). The van der Waals surface area contributed by atoms with Crippen LogP contribution >= 0.6 is 12.2 Å². The zero-order valence-electron chi connectivity index (χ0n) is 11.7. The van der Waals surface area contributed by atoms with Crippen molar-refractivity contribution in [2.45, 2.75) is 59.8 Å². The first-order valence-corrected chi connectivity index (χ1v) is 7.41. The maximum Gasteiger partial charge on any atom is 0.0786 e. The monoisotopic (exact) mass is 244 g/mol. The highest BCUT2D eigenvalue weighted by Gasteiger charge is 2.19. The van der Waals surface area contributed by atoms with Crippen molar-refractivity contribution in [2.75, 3.05) is 26.2 Å². The predicted octanol–water partition coefficient (Wildman–Crippen LogP) is 4.20. The van der Waals surface area contributed by atoms with Crippen LogP contribution in [0.2, 0.25) is 0 Å². The molecule has 1 nitrogen and oxygen atoms in total. The van der Waals surface area contributed by atoms with Crippen LogP contribution in [-0.4, -0.2) is 35.5 Å². The van der Waals surface area contributed by atoms with Crippen LogP contribution in [0, 0.1) is 0 Å². The molecule has 0 aromatic carbocycles. The molecule has 0 unspecified atom stereocenters. The third-order valence-electron chi connectivity index (χ3n) is 3.99. The normalized spacial score (nSPS) is 11.8. The lowest BCUT2D eigenvalue weighted by atomic mass is 10.1. The molecule has 0 heterocycles. The fourth-order valence-corrected chi connectivity index (χ4v) is 2.41. The lowest BCUT2D eigenvalue weighted by Gasteiger charge is -2.35. The Balaban J connectivity index is 3.67. The Labute approximate surface area is 108 Å². The molecule has 16 heavy (non-hydrogen) atoms. The number of quaternary nitrogens is 1. The molecule has 0 aliphatic heterocycles. The molecule has 0 aromatic heterocycles. The maximum atomic E-state index is 5.24. The number of thiocarbonyl (C=S) groups is 1. The van der Waals surface area contributed by atoms with Crippen molar-refractivity contribution >= 4 is 17.1 Å². The second kappa shape index (κ2) is 9.12. The second-order valence-electron chi connectivity index (χ2n) is 4.72. The largest absolute Gasteiger partial charge is 0.324 e. The van der Waals surface area contributed by atoms with E-state index in [4.69, 9.17) is 12.2 Å². The molecule has 96 valence electrons. The van der Waals surface area contributed by atoms with Crippen LogP contribution in [0.15, 0.2) is 0 Å². The van der Waals surface area contributed by atoms with E-state index in [0.29, 0.717) is 0 Å².